The normalized spacial score (nSPS) is 10.5. The van der Waals surface area contributed by atoms with Crippen LogP contribution in [0.25, 0.3) is 0 Å². The first-order valence-corrected chi connectivity index (χ1v) is 8.54. The number of anilines is 3. The molecule has 0 aliphatic heterocycles. The van der Waals surface area contributed by atoms with Crippen LogP contribution in [-0.4, -0.2) is 15.9 Å². The van der Waals surface area contributed by atoms with E-state index < -0.39 is 0 Å². The van der Waals surface area contributed by atoms with Gasteiger partial charge in [-0.1, -0.05) is 29.8 Å². The quantitative estimate of drug-likeness (QED) is 0.678. The van der Waals surface area contributed by atoms with Crippen LogP contribution in [0.1, 0.15) is 27.0 Å². The van der Waals surface area contributed by atoms with Crippen LogP contribution in [0.5, 0.6) is 0 Å². The highest BCUT2D eigenvalue weighted by Gasteiger charge is 2.10. The Balaban J connectivity index is 1.73. The van der Waals surface area contributed by atoms with Crippen molar-refractivity contribution >= 4 is 34.8 Å². The number of nitrogens with one attached hydrogen (secondary N) is 2. The monoisotopic (exact) mass is 366 g/mol. The van der Waals surface area contributed by atoms with Gasteiger partial charge in [-0.25, -0.2) is 9.97 Å². The summed E-state index contributed by atoms with van der Waals surface area (Å²) in [5.41, 5.74) is 4.99. The van der Waals surface area contributed by atoms with Crippen molar-refractivity contribution in [2.45, 2.75) is 20.8 Å². The maximum absolute atomic E-state index is 12.4. The number of nitrogens with zero attached hydrogens (tertiary/aromatic N) is 2. The number of aryl methyl sites for hydroxylation is 2. The molecule has 1 amide bonds. The van der Waals surface area contributed by atoms with Crippen LogP contribution in [0, 0.1) is 20.8 Å². The predicted octanol–water partition coefficient (Wildman–Crippen LogP) is 5.05. The smallest absolute Gasteiger partial charge is 0.258 e. The number of aromatic nitrogens is 2. The van der Waals surface area contributed by atoms with Gasteiger partial charge in [0.2, 0.25) is 5.95 Å². The Kier molecular flexibility index (Phi) is 5.19. The Bertz CT molecular complexity index is 955. The first-order valence-electron chi connectivity index (χ1n) is 8.17. The summed E-state index contributed by atoms with van der Waals surface area (Å²) in [7, 11) is 0. The van der Waals surface area contributed by atoms with Crippen molar-refractivity contribution in [3.8, 4) is 0 Å². The molecule has 0 atom stereocenters. The van der Waals surface area contributed by atoms with Gasteiger partial charge in [-0.2, -0.15) is 0 Å². The maximum atomic E-state index is 12.4. The van der Waals surface area contributed by atoms with E-state index in [1.54, 1.807) is 0 Å². The van der Waals surface area contributed by atoms with E-state index in [4.69, 9.17) is 11.6 Å². The number of hydrogen-bond acceptors (Lipinski definition) is 4. The van der Waals surface area contributed by atoms with Gasteiger partial charge in [0, 0.05) is 28.8 Å². The second-order valence-electron chi connectivity index (χ2n) is 6.11. The van der Waals surface area contributed by atoms with Crippen LogP contribution < -0.4 is 10.6 Å². The molecule has 132 valence electrons. The molecule has 3 aromatic rings. The minimum Gasteiger partial charge on any atom is -0.324 e. The molecule has 0 aliphatic carbocycles. The largest absolute Gasteiger partial charge is 0.324 e. The molecule has 1 aromatic heterocycles. The molecule has 0 unspecified atom stereocenters. The zero-order valence-corrected chi connectivity index (χ0v) is 15.6. The summed E-state index contributed by atoms with van der Waals surface area (Å²) in [6.45, 7) is 5.85. The molecule has 0 saturated heterocycles. The van der Waals surface area contributed by atoms with Crippen LogP contribution >= 0.6 is 11.6 Å². The topological polar surface area (TPSA) is 66.9 Å². The number of halogens is 1. The standard InChI is InChI=1S/C20H19ClN4O/c1-12-7-8-13(2)18(9-12)24-19(26)15-10-22-20(23-11-15)25-17-6-4-5-16(21)14(17)3/h4-11H,1-3H3,(H,24,26)(H,22,23,25). The van der Waals surface area contributed by atoms with Crippen molar-refractivity contribution < 1.29 is 4.79 Å². The van der Waals surface area contributed by atoms with Gasteiger partial charge in [0.15, 0.2) is 0 Å². The summed E-state index contributed by atoms with van der Waals surface area (Å²) in [4.78, 5) is 20.9. The molecule has 2 N–H and O–H groups in total. The number of carbonyl (C=O) groups is 1. The van der Waals surface area contributed by atoms with Crippen molar-refractivity contribution in [2.24, 2.45) is 0 Å². The Morgan fingerprint density at radius 3 is 2.46 bits per heavy atom. The van der Waals surface area contributed by atoms with Crippen LogP contribution in [0.3, 0.4) is 0 Å². The highest BCUT2D eigenvalue weighted by Crippen LogP contribution is 2.25. The Morgan fingerprint density at radius 1 is 1.00 bits per heavy atom. The summed E-state index contributed by atoms with van der Waals surface area (Å²) in [6, 6.07) is 11.5. The predicted molar refractivity (Wildman–Crippen MR) is 105 cm³/mol. The molecular formula is C20H19ClN4O. The fraction of sp³-hybridized carbons (Fsp3) is 0.150. The van der Waals surface area contributed by atoms with Crippen LogP contribution in [0.4, 0.5) is 17.3 Å². The Hall–Kier alpha value is -2.92. The van der Waals surface area contributed by atoms with Gasteiger partial charge in [-0.15, -0.1) is 0 Å². The average Bonchev–Trinajstić information content (AvgIpc) is 2.62. The molecule has 0 radical (unpaired) electrons. The van der Waals surface area contributed by atoms with Crippen LogP contribution in [0.15, 0.2) is 48.8 Å². The first-order chi connectivity index (χ1) is 12.4. The molecule has 26 heavy (non-hydrogen) atoms. The molecule has 0 spiro atoms. The average molecular weight is 367 g/mol. The fourth-order valence-electron chi connectivity index (χ4n) is 2.44. The number of hydrogen-bond donors (Lipinski definition) is 2. The summed E-state index contributed by atoms with van der Waals surface area (Å²) in [5.74, 6) is 0.155. The van der Waals surface area contributed by atoms with Crippen LogP contribution in [0.2, 0.25) is 5.02 Å². The van der Waals surface area contributed by atoms with Crippen molar-refractivity contribution in [2.75, 3.05) is 10.6 Å². The van der Waals surface area contributed by atoms with E-state index in [0.717, 1.165) is 28.1 Å². The van der Waals surface area contributed by atoms with Crippen molar-refractivity contribution in [1.29, 1.82) is 0 Å². The van der Waals surface area contributed by atoms with Gasteiger partial charge in [0.1, 0.15) is 0 Å². The van der Waals surface area contributed by atoms with Gasteiger partial charge < -0.3 is 10.6 Å². The van der Waals surface area contributed by atoms with E-state index in [0.29, 0.717) is 16.5 Å². The van der Waals surface area contributed by atoms with E-state index in [2.05, 4.69) is 20.6 Å². The molecule has 0 fully saturated rings. The molecule has 1 heterocycles. The molecule has 0 saturated carbocycles. The van der Waals surface area contributed by atoms with Gasteiger partial charge in [-0.05, 0) is 55.7 Å². The SMILES string of the molecule is Cc1ccc(C)c(NC(=O)c2cnc(Nc3cccc(Cl)c3C)nc2)c1. The van der Waals surface area contributed by atoms with E-state index in [1.807, 2.05) is 57.2 Å². The second kappa shape index (κ2) is 7.54. The van der Waals surface area contributed by atoms with Crippen molar-refractivity contribution in [3.05, 3.63) is 76.1 Å². The summed E-state index contributed by atoms with van der Waals surface area (Å²) >= 11 is 6.11. The highest BCUT2D eigenvalue weighted by molar-refractivity contribution is 6.31. The van der Waals surface area contributed by atoms with E-state index in [-0.39, 0.29) is 5.91 Å². The number of benzene rings is 2. The minimum absolute atomic E-state index is 0.246. The third-order valence-electron chi connectivity index (χ3n) is 4.07. The number of rotatable bonds is 4. The molecule has 3 rings (SSSR count). The molecule has 0 aliphatic rings. The van der Waals surface area contributed by atoms with E-state index in [1.165, 1.54) is 12.4 Å². The molecule has 6 heteroatoms. The van der Waals surface area contributed by atoms with E-state index >= 15 is 0 Å². The lowest BCUT2D eigenvalue weighted by atomic mass is 10.1. The lowest BCUT2D eigenvalue weighted by molar-refractivity contribution is 0.102. The third kappa shape index (κ3) is 4.00. The lowest BCUT2D eigenvalue weighted by Gasteiger charge is -2.11. The molecule has 2 aromatic carbocycles. The second-order valence-corrected chi connectivity index (χ2v) is 6.51. The van der Waals surface area contributed by atoms with E-state index in [9.17, 15) is 4.79 Å². The van der Waals surface area contributed by atoms with Gasteiger partial charge in [0.25, 0.3) is 5.91 Å². The molecule has 5 nitrogen and oxygen atoms in total. The van der Waals surface area contributed by atoms with Crippen molar-refractivity contribution in [3.63, 3.8) is 0 Å². The fourth-order valence-corrected chi connectivity index (χ4v) is 2.61. The number of carbonyl (C=O) groups excluding carboxylic acids is 1. The van der Waals surface area contributed by atoms with Gasteiger partial charge in [0.05, 0.1) is 5.56 Å². The maximum Gasteiger partial charge on any atom is 0.258 e. The summed E-state index contributed by atoms with van der Waals surface area (Å²) in [5, 5.41) is 6.67. The summed E-state index contributed by atoms with van der Waals surface area (Å²) < 4.78 is 0. The number of amides is 1. The Labute approximate surface area is 157 Å². The lowest BCUT2D eigenvalue weighted by Crippen LogP contribution is -2.14. The molecule has 0 bridgehead atoms. The molecular weight excluding hydrogens is 348 g/mol. The third-order valence-corrected chi connectivity index (χ3v) is 4.48. The van der Waals surface area contributed by atoms with Gasteiger partial charge in [-0.3, -0.25) is 4.79 Å². The first kappa shape index (κ1) is 17.9. The van der Waals surface area contributed by atoms with Crippen molar-refractivity contribution in [1.82, 2.24) is 9.97 Å². The zero-order valence-electron chi connectivity index (χ0n) is 14.8. The Morgan fingerprint density at radius 2 is 1.73 bits per heavy atom. The highest BCUT2D eigenvalue weighted by atomic mass is 35.5. The van der Waals surface area contributed by atoms with Gasteiger partial charge >= 0.3 is 0 Å². The van der Waals surface area contributed by atoms with Crippen LogP contribution in [-0.2, 0) is 0 Å². The zero-order chi connectivity index (χ0) is 18.7. The minimum atomic E-state index is -0.246. The summed E-state index contributed by atoms with van der Waals surface area (Å²) in [6.07, 6.45) is 2.99.